The van der Waals surface area contributed by atoms with Crippen molar-refractivity contribution in [2.24, 2.45) is 0 Å². The zero-order valence-electron chi connectivity index (χ0n) is 10.8. The van der Waals surface area contributed by atoms with Crippen LogP contribution in [0.1, 0.15) is 38.2 Å². The summed E-state index contributed by atoms with van der Waals surface area (Å²) in [4.78, 5) is 24.9. The molecule has 0 fully saturated rings. The van der Waals surface area contributed by atoms with Gasteiger partial charge in [-0.2, -0.15) is 0 Å². The zero-order valence-corrected chi connectivity index (χ0v) is 10.8. The average molecular weight is 245 g/mol. The predicted octanol–water partition coefficient (Wildman–Crippen LogP) is 2.73. The number of rotatable bonds is 4. The van der Waals surface area contributed by atoms with Crippen molar-refractivity contribution in [2.75, 3.05) is 11.4 Å². The van der Waals surface area contributed by atoms with E-state index in [4.69, 9.17) is 0 Å². The number of aryl methyl sites for hydroxylation is 1. The molecule has 1 amide bonds. The lowest BCUT2D eigenvalue weighted by molar-refractivity contribution is -0.119. The first-order valence-electron chi connectivity index (χ1n) is 6.56. The van der Waals surface area contributed by atoms with Crippen LogP contribution < -0.4 is 4.90 Å². The van der Waals surface area contributed by atoms with Crippen molar-refractivity contribution in [3.05, 3.63) is 29.8 Å². The molecule has 1 aromatic rings. The highest BCUT2D eigenvalue weighted by atomic mass is 16.2. The standard InChI is InChI=1S/C15H19NO2/c1-12(17)6-5-11-16-14-9-3-2-7-13(14)8-4-10-15(16)18/h2-3,7,9H,4-6,8,10-11H2,1H3. The van der Waals surface area contributed by atoms with Crippen molar-refractivity contribution in [3.63, 3.8) is 0 Å². The second-order valence-corrected chi connectivity index (χ2v) is 4.83. The van der Waals surface area contributed by atoms with Gasteiger partial charge in [-0.25, -0.2) is 0 Å². The highest BCUT2D eigenvalue weighted by Crippen LogP contribution is 2.26. The van der Waals surface area contributed by atoms with Crippen molar-refractivity contribution in [1.82, 2.24) is 0 Å². The third-order valence-corrected chi connectivity index (χ3v) is 3.33. The molecule has 0 atom stereocenters. The van der Waals surface area contributed by atoms with Crippen LogP contribution in [-0.4, -0.2) is 18.2 Å². The Morgan fingerprint density at radius 3 is 2.83 bits per heavy atom. The fraction of sp³-hybridized carbons (Fsp3) is 0.467. The molecule has 96 valence electrons. The maximum absolute atomic E-state index is 12.1. The number of nitrogens with zero attached hydrogens (tertiary/aromatic N) is 1. The van der Waals surface area contributed by atoms with E-state index in [1.807, 2.05) is 23.1 Å². The Balaban J connectivity index is 2.15. The minimum atomic E-state index is 0.184. The van der Waals surface area contributed by atoms with Gasteiger partial charge in [-0.3, -0.25) is 4.79 Å². The fourth-order valence-electron chi connectivity index (χ4n) is 2.42. The van der Waals surface area contributed by atoms with Gasteiger partial charge in [0.2, 0.25) is 5.91 Å². The third-order valence-electron chi connectivity index (χ3n) is 3.33. The van der Waals surface area contributed by atoms with Crippen molar-refractivity contribution >= 4 is 17.4 Å². The quantitative estimate of drug-likeness (QED) is 0.818. The van der Waals surface area contributed by atoms with Crippen LogP contribution in [0.2, 0.25) is 0 Å². The molecule has 0 saturated heterocycles. The number of carbonyl (C=O) groups is 2. The van der Waals surface area contributed by atoms with Gasteiger partial charge in [-0.15, -0.1) is 0 Å². The van der Waals surface area contributed by atoms with Gasteiger partial charge < -0.3 is 9.69 Å². The Hall–Kier alpha value is -1.64. The molecule has 0 spiro atoms. The van der Waals surface area contributed by atoms with Gasteiger partial charge in [0.15, 0.2) is 0 Å². The highest BCUT2D eigenvalue weighted by molar-refractivity contribution is 5.94. The minimum absolute atomic E-state index is 0.184. The van der Waals surface area contributed by atoms with Crippen LogP contribution in [0.5, 0.6) is 0 Å². The topological polar surface area (TPSA) is 37.4 Å². The van der Waals surface area contributed by atoms with E-state index in [0.717, 1.165) is 24.9 Å². The molecule has 0 aliphatic carbocycles. The number of ketones is 1. The van der Waals surface area contributed by atoms with Crippen LogP contribution in [0.4, 0.5) is 5.69 Å². The molecule has 3 nitrogen and oxygen atoms in total. The van der Waals surface area contributed by atoms with Crippen LogP contribution >= 0.6 is 0 Å². The lowest BCUT2D eigenvalue weighted by atomic mass is 10.1. The average Bonchev–Trinajstić information content (AvgIpc) is 2.49. The molecule has 0 radical (unpaired) electrons. The molecule has 0 aromatic heterocycles. The van der Waals surface area contributed by atoms with E-state index < -0.39 is 0 Å². The second-order valence-electron chi connectivity index (χ2n) is 4.83. The molecule has 0 unspecified atom stereocenters. The monoisotopic (exact) mass is 245 g/mol. The zero-order chi connectivity index (χ0) is 13.0. The summed E-state index contributed by atoms with van der Waals surface area (Å²) in [5.41, 5.74) is 2.27. The Morgan fingerprint density at radius 1 is 1.28 bits per heavy atom. The summed E-state index contributed by atoms with van der Waals surface area (Å²) < 4.78 is 0. The Morgan fingerprint density at radius 2 is 2.06 bits per heavy atom. The maximum Gasteiger partial charge on any atom is 0.226 e. The first kappa shape index (κ1) is 12.8. The number of carbonyl (C=O) groups excluding carboxylic acids is 2. The van der Waals surface area contributed by atoms with Crippen LogP contribution in [0.15, 0.2) is 24.3 Å². The van der Waals surface area contributed by atoms with E-state index in [-0.39, 0.29) is 11.7 Å². The van der Waals surface area contributed by atoms with Crippen molar-refractivity contribution in [3.8, 4) is 0 Å². The van der Waals surface area contributed by atoms with E-state index in [1.165, 1.54) is 5.56 Å². The number of para-hydroxylation sites is 1. The number of Topliss-reactive ketones (excluding diaryl/α,β-unsaturated/α-hetero) is 1. The summed E-state index contributed by atoms with van der Waals surface area (Å²) in [6.07, 6.45) is 3.78. The van der Waals surface area contributed by atoms with E-state index >= 15 is 0 Å². The SMILES string of the molecule is CC(=O)CCCN1C(=O)CCCc2ccccc21. The molecule has 1 heterocycles. The van der Waals surface area contributed by atoms with E-state index in [9.17, 15) is 9.59 Å². The molecule has 0 saturated carbocycles. The number of hydrogen-bond acceptors (Lipinski definition) is 2. The normalized spacial score (nSPS) is 15.2. The van der Waals surface area contributed by atoms with Gasteiger partial charge in [0.1, 0.15) is 5.78 Å². The van der Waals surface area contributed by atoms with Crippen molar-refractivity contribution < 1.29 is 9.59 Å². The molecule has 18 heavy (non-hydrogen) atoms. The summed E-state index contributed by atoms with van der Waals surface area (Å²) in [6, 6.07) is 8.08. The smallest absolute Gasteiger partial charge is 0.226 e. The molecule has 1 aliphatic rings. The van der Waals surface area contributed by atoms with Gasteiger partial charge >= 0.3 is 0 Å². The van der Waals surface area contributed by atoms with E-state index in [2.05, 4.69) is 6.07 Å². The molecular weight excluding hydrogens is 226 g/mol. The molecule has 2 rings (SSSR count). The maximum atomic E-state index is 12.1. The summed E-state index contributed by atoms with van der Waals surface area (Å²) in [5.74, 6) is 0.369. The number of hydrogen-bond donors (Lipinski definition) is 0. The largest absolute Gasteiger partial charge is 0.312 e. The molecule has 3 heteroatoms. The Bertz CT molecular complexity index is 454. The Kier molecular flexibility index (Phi) is 4.13. The van der Waals surface area contributed by atoms with Gasteiger partial charge in [-0.05, 0) is 37.8 Å². The third kappa shape index (κ3) is 2.97. The fourth-order valence-corrected chi connectivity index (χ4v) is 2.42. The van der Waals surface area contributed by atoms with Crippen LogP contribution in [0.3, 0.4) is 0 Å². The van der Waals surface area contributed by atoms with Gasteiger partial charge in [-0.1, -0.05) is 18.2 Å². The Labute approximate surface area is 108 Å². The van der Waals surface area contributed by atoms with E-state index in [1.54, 1.807) is 6.92 Å². The summed E-state index contributed by atoms with van der Waals surface area (Å²) >= 11 is 0. The molecular formula is C15H19NO2. The molecule has 1 aliphatic heterocycles. The minimum Gasteiger partial charge on any atom is -0.312 e. The highest BCUT2D eigenvalue weighted by Gasteiger charge is 2.21. The van der Waals surface area contributed by atoms with Crippen LogP contribution in [-0.2, 0) is 16.0 Å². The molecule has 1 aromatic carbocycles. The van der Waals surface area contributed by atoms with Crippen molar-refractivity contribution in [2.45, 2.75) is 39.0 Å². The second kappa shape index (κ2) is 5.80. The van der Waals surface area contributed by atoms with Crippen molar-refractivity contribution in [1.29, 1.82) is 0 Å². The van der Waals surface area contributed by atoms with Gasteiger partial charge in [0.05, 0.1) is 0 Å². The summed E-state index contributed by atoms with van der Waals surface area (Å²) in [7, 11) is 0. The van der Waals surface area contributed by atoms with E-state index in [0.29, 0.717) is 19.4 Å². The van der Waals surface area contributed by atoms with Crippen LogP contribution in [0.25, 0.3) is 0 Å². The summed E-state index contributed by atoms with van der Waals surface area (Å²) in [6.45, 7) is 2.24. The number of anilines is 1. The lowest BCUT2D eigenvalue weighted by Gasteiger charge is -2.22. The van der Waals surface area contributed by atoms with Gasteiger partial charge in [0.25, 0.3) is 0 Å². The van der Waals surface area contributed by atoms with Gasteiger partial charge in [0, 0.05) is 25.1 Å². The first-order chi connectivity index (χ1) is 8.68. The first-order valence-corrected chi connectivity index (χ1v) is 6.56. The number of benzene rings is 1. The molecule has 0 N–H and O–H groups in total. The summed E-state index contributed by atoms with van der Waals surface area (Å²) in [5, 5.41) is 0. The van der Waals surface area contributed by atoms with Crippen LogP contribution in [0, 0.1) is 0 Å². The number of fused-ring (bicyclic) bond motifs is 1. The molecule has 0 bridgehead atoms. The predicted molar refractivity (Wildman–Crippen MR) is 71.6 cm³/mol. The number of amides is 1. The lowest BCUT2D eigenvalue weighted by Crippen LogP contribution is -2.31.